The first-order valence-corrected chi connectivity index (χ1v) is 9.20. The van der Waals surface area contributed by atoms with Crippen molar-refractivity contribution in [2.75, 3.05) is 25.6 Å². The molecule has 2 aromatic carbocycles. The number of fused-ring (bicyclic) bond motifs is 1. The lowest BCUT2D eigenvalue weighted by atomic mass is 10.2. The zero-order valence-corrected chi connectivity index (χ0v) is 16.6. The number of aliphatic hydroxyl groups excluding tert-OH is 1. The summed E-state index contributed by atoms with van der Waals surface area (Å²) in [6.07, 6.45) is 1.47. The molecule has 0 bridgehead atoms. The van der Waals surface area contributed by atoms with E-state index in [1.54, 1.807) is 19.2 Å². The fraction of sp³-hybridized carbons (Fsp3) is 0.286. The summed E-state index contributed by atoms with van der Waals surface area (Å²) in [6, 6.07) is 10.5. The van der Waals surface area contributed by atoms with Gasteiger partial charge in [-0.2, -0.15) is 0 Å². The summed E-state index contributed by atoms with van der Waals surface area (Å²) in [6.45, 7) is 3.36. The highest BCUT2D eigenvalue weighted by molar-refractivity contribution is 5.95. The Morgan fingerprint density at radius 1 is 1.28 bits per heavy atom. The Hall–Kier alpha value is -3.39. The summed E-state index contributed by atoms with van der Waals surface area (Å²) >= 11 is 0. The summed E-state index contributed by atoms with van der Waals surface area (Å²) in [4.78, 5) is 21.8. The molecule has 0 fully saturated rings. The molecule has 3 rings (SSSR count). The smallest absolute Gasteiger partial charge is 0.248 e. The maximum Gasteiger partial charge on any atom is 0.248 e. The molecule has 1 atom stereocenters. The monoisotopic (exact) mass is 396 g/mol. The number of hydrogen-bond donors (Lipinski definition) is 3. The highest BCUT2D eigenvalue weighted by Gasteiger charge is 2.17. The van der Waals surface area contributed by atoms with E-state index in [1.165, 1.54) is 11.2 Å². The predicted octanol–water partition coefficient (Wildman–Crippen LogP) is 2.61. The van der Waals surface area contributed by atoms with Crippen LogP contribution in [0.2, 0.25) is 0 Å². The molecule has 29 heavy (non-hydrogen) atoms. The highest BCUT2D eigenvalue weighted by atomic mass is 16.5. The van der Waals surface area contributed by atoms with Crippen molar-refractivity contribution in [1.29, 1.82) is 0 Å². The maximum absolute atomic E-state index is 11.7. The average molecular weight is 396 g/mol. The van der Waals surface area contributed by atoms with Crippen LogP contribution in [0.25, 0.3) is 10.9 Å². The Morgan fingerprint density at radius 3 is 2.79 bits per heavy atom. The highest BCUT2D eigenvalue weighted by Crippen LogP contribution is 2.32. The van der Waals surface area contributed by atoms with Gasteiger partial charge in [0.2, 0.25) is 5.91 Å². The van der Waals surface area contributed by atoms with Crippen LogP contribution >= 0.6 is 0 Å². The van der Waals surface area contributed by atoms with Crippen LogP contribution in [0, 0.1) is 6.92 Å². The normalized spacial score (nSPS) is 11.9. The molecule has 3 aromatic rings. The van der Waals surface area contributed by atoms with Crippen molar-refractivity contribution in [3.8, 4) is 11.5 Å². The molecule has 0 aliphatic rings. The summed E-state index contributed by atoms with van der Waals surface area (Å²) < 4.78 is 5.98. The van der Waals surface area contributed by atoms with E-state index in [0.29, 0.717) is 22.5 Å². The number of anilines is 2. The van der Waals surface area contributed by atoms with Gasteiger partial charge in [-0.3, -0.25) is 4.79 Å². The first-order valence-electron chi connectivity index (χ1n) is 9.20. The SMILES string of the molecule is Cc1cc(Nc2ncnc3cccc(OC[C@@H](C)N(C)C(=O)CO)c23)ccc1O. The molecule has 0 aliphatic carbocycles. The van der Waals surface area contributed by atoms with E-state index in [4.69, 9.17) is 9.84 Å². The van der Waals surface area contributed by atoms with Crippen LogP contribution in [0.3, 0.4) is 0 Å². The first-order chi connectivity index (χ1) is 13.9. The Kier molecular flexibility index (Phi) is 6.13. The number of benzene rings is 2. The van der Waals surface area contributed by atoms with Crippen LogP contribution in [0.4, 0.5) is 11.5 Å². The van der Waals surface area contributed by atoms with Crippen molar-refractivity contribution in [1.82, 2.24) is 14.9 Å². The van der Waals surface area contributed by atoms with E-state index >= 15 is 0 Å². The van der Waals surface area contributed by atoms with Gasteiger partial charge in [-0.05, 0) is 49.7 Å². The van der Waals surface area contributed by atoms with Gasteiger partial charge in [-0.25, -0.2) is 9.97 Å². The second-order valence-electron chi connectivity index (χ2n) is 6.82. The lowest BCUT2D eigenvalue weighted by Gasteiger charge is -2.24. The fourth-order valence-corrected chi connectivity index (χ4v) is 2.84. The number of nitrogens with zero attached hydrogens (tertiary/aromatic N) is 3. The molecule has 0 aliphatic heterocycles. The van der Waals surface area contributed by atoms with Gasteiger partial charge in [0, 0.05) is 12.7 Å². The van der Waals surface area contributed by atoms with Crippen LogP contribution in [0.5, 0.6) is 11.5 Å². The Bertz CT molecular complexity index is 1020. The number of aromatic nitrogens is 2. The van der Waals surface area contributed by atoms with Gasteiger partial charge < -0.3 is 25.2 Å². The number of phenolic OH excluding ortho intramolecular Hbond substituents is 1. The minimum absolute atomic E-state index is 0.225. The van der Waals surface area contributed by atoms with Crippen LogP contribution in [-0.2, 0) is 4.79 Å². The Labute approximate surface area is 168 Å². The van der Waals surface area contributed by atoms with Gasteiger partial charge in [0.15, 0.2) is 0 Å². The van der Waals surface area contributed by atoms with Crippen molar-refractivity contribution in [3.05, 3.63) is 48.3 Å². The second kappa shape index (κ2) is 8.74. The van der Waals surface area contributed by atoms with Gasteiger partial charge in [0.05, 0.1) is 16.9 Å². The largest absolute Gasteiger partial charge is 0.508 e. The molecular weight excluding hydrogens is 372 g/mol. The molecule has 8 heteroatoms. The van der Waals surface area contributed by atoms with Gasteiger partial charge >= 0.3 is 0 Å². The standard InChI is InChI=1S/C21H24N4O4/c1-13-9-15(7-8-17(13)27)24-21-20-16(22-12-23-21)5-4-6-18(20)29-11-14(2)25(3)19(28)10-26/h4-9,12,14,26-27H,10-11H2,1-3H3,(H,22,23,24)/t14-/m1/s1. The van der Waals surface area contributed by atoms with Crippen molar-refractivity contribution >= 4 is 28.3 Å². The number of rotatable bonds is 7. The predicted molar refractivity (Wildman–Crippen MR) is 110 cm³/mol. The molecule has 1 aromatic heterocycles. The maximum atomic E-state index is 11.7. The lowest BCUT2D eigenvalue weighted by Crippen LogP contribution is -2.40. The van der Waals surface area contributed by atoms with E-state index in [2.05, 4.69) is 15.3 Å². The van der Waals surface area contributed by atoms with Crippen molar-refractivity contribution in [3.63, 3.8) is 0 Å². The number of likely N-dealkylation sites (N-methyl/N-ethyl adjacent to an activating group) is 1. The van der Waals surface area contributed by atoms with E-state index < -0.39 is 6.61 Å². The number of carbonyl (C=O) groups is 1. The number of phenols is 1. The first kappa shape index (κ1) is 20.3. The zero-order chi connectivity index (χ0) is 21.0. The fourth-order valence-electron chi connectivity index (χ4n) is 2.84. The molecule has 3 N–H and O–H groups in total. The van der Waals surface area contributed by atoms with Gasteiger partial charge in [-0.15, -0.1) is 0 Å². The lowest BCUT2D eigenvalue weighted by molar-refractivity contribution is -0.135. The zero-order valence-electron chi connectivity index (χ0n) is 16.6. The number of hydrogen-bond acceptors (Lipinski definition) is 7. The van der Waals surface area contributed by atoms with Crippen LogP contribution in [0.1, 0.15) is 12.5 Å². The number of aromatic hydroxyl groups is 1. The molecule has 0 unspecified atom stereocenters. The van der Waals surface area contributed by atoms with Gasteiger partial charge in [0.25, 0.3) is 0 Å². The van der Waals surface area contributed by atoms with Crippen molar-refractivity contribution < 1.29 is 19.7 Å². The third kappa shape index (κ3) is 4.55. The van der Waals surface area contributed by atoms with Crippen molar-refractivity contribution in [2.45, 2.75) is 19.9 Å². The number of nitrogens with one attached hydrogen (secondary N) is 1. The number of aliphatic hydroxyl groups is 1. The van der Waals surface area contributed by atoms with E-state index in [0.717, 1.165) is 11.3 Å². The van der Waals surface area contributed by atoms with E-state index in [-0.39, 0.29) is 24.3 Å². The molecule has 0 spiro atoms. The molecule has 0 radical (unpaired) electrons. The van der Waals surface area contributed by atoms with E-state index in [9.17, 15) is 9.90 Å². The second-order valence-corrected chi connectivity index (χ2v) is 6.82. The van der Waals surface area contributed by atoms with E-state index in [1.807, 2.05) is 38.1 Å². The Morgan fingerprint density at radius 2 is 2.07 bits per heavy atom. The quantitative estimate of drug-likeness (QED) is 0.527. The van der Waals surface area contributed by atoms with Crippen LogP contribution in [0.15, 0.2) is 42.7 Å². The topological polar surface area (TPSA) is 108 Å². The number of amides is 1. The number of ether oxygens (including phenoxy) is 1. The molecule has 1 amide bonds. The third-order valence-corrected chi connectivity index (χ3v) is 4.75. The molecule has 0 saturated heterocycles. The van der Waals surface area contributed by atoms with Crippen LogP contribution in [-0.4, -0.2) is 57.3 Å². The minimum Gasteiger partial charge on any atom is -0.508 e. The third-order valence-electron chi connectivity index (χ3n) is 4.75. The molecule has 152 valence electrons. The summed E-state index contributed by atoms with van der Waals surface area (Å²) in [5, 5.41) is 22.7. The molecule has 0 saturated carbocycles. The van der Waals surface area contributed by atoms with Gasteiger partial charge in [-0.1, -0.05) is 6.07 Å². The minimum atomic E-state index is -0.539. The van der Waals surface area contributed by atoms with Gasteiger partial charge in [0.1, 0.15) is 36.9 Å². The van der Waals surface area contributed by atoms with Crippen molar-refractivity contribution in [2.24, 2.45) is 0 Å². The number of carbonyl (C=O) groups excluding carboxylic acids is 1. The van der Waals surface area contributed by atoms with Crippen LogP contribution < -0.4 is 10.1 Å². The molecule has 8 nitrogen and oxygen atoms in total. The Balaban J connectivity index is 1.88. The number of aryl methyl sites for hydroxylation is 1. The summed E-state index contributed by atoms with van der Waals surface area (Å²) in [7, 11) is 1.62. The summed E-state index contributed by atoms with van der Waals surface area (Å²) in [5.41, 5.74) is 2.23. The summed E-state index contributed by atoms with van der Waals surface area (Å²) in [5.74, 6) is 1.01. The molecular formula is C21H24N4O4. The molecule has 1 heterocycles. The average Bonchev–Trinajstić information content (AvgIpc) is 2.73.